The Bertz CT molecular complexity index is 954. The Hall–Kier alpha value is -3.35. The lowest BCUT2D eigenvalue weighted by molar-refractivity contribution is 0.0573. The van der Waals surface area contributed by atoms with E-state index in [1.165, 1.54) is 21.3 Å². The number of carbonyl (C=O) groups is 3. The van der Waals surface area contributed by atoms with Crippen LogP contribution in [0.3, 0.4) is 0 Å². The normalized spacial score (nSPS) is 16.0. The molecule has 1 fully saturated rings. The number of amides is 1. The van der Waals surface area contributed by atoms with E-state index in [0.29, 0.717) is 43.0 Å². The third-order valence-corrected chi connectivity index (χ3v) is 5.31. The van der Waals surface area contributed by atoms with Crippen LogP contribution in [0.25, 0.3) is 0 Å². The highest BCUT2D eigenvalue weighted by molar-refractivity contribution is 6.06. The summed E-state index contributed by atoms with van der Waals surface area (Å²) in [7, 11) is 4.34. The Morgan fingerprint density at radius 2 is 1.63 bits per heavy atom. The molecule has 0 unspecified atom stereocenters. The minimum absolute atomic E-state index is 0.0466. The van der Waals surface area contributed by atoms with E-state index < -0.39 is 5.97 Å². The van der Waals surface area contributed by atoms with Crippen molar-refractivity contribution in [1.29, 1.82) is 0 Å². The van der Waals surface area contributed by atoms with Crippen molar-refractivity contribution in [2.24, 2.45) is 5.92 Å². The molecule has 1 atom stereocenters. The van der Waals surface area contributed by atoms with Gasteiger partial charge in [0, 0.05) is 24.6 Å². The summed E-state index contributed by atoms with van der Waals surface area (Å²) in [5.41, 5.74) is 1.02. The number of hydrogen-bond donors (Lipinski definition) is 0. The zero-order valence-corrected chi connectivity index (χ0v) is 17.3. The van der Waals surface area contributed by atoms with Gasteiger partial charge in [-0.25, -0.2) is 4.79 Å². The molecule has 3 rings (SSSR count). The summed E-state index contributed by atoms with van der Waals surface area (Å²) in [6, 6.07) is 11.6. The number of esters is 1. The number of likely N-dealkylation sites (tertiary alicyclic amines) is 1. The first kappa shape index (κ1) is 21.4. The zero-order valence-electron chi connectivity index (χ0n) is 17.3. The highest BCUT2D eigenvalue weighted by Gasteiger charge is 2.31. The SMILES string of the molecule is COC(=O)c1ccccc1C(=O)N1CCC[C@@H](C(=O)c2ccc(OC)c(OC)c2)C1. The van der Waals surface area contributed by atoms with E-state index in [0.717, 1.165) is 0 Å². The standard InChI is InChI=1S/C23H25NO6/c1-28-19-11-10-15(13-20(19)29-2)21(25)16-7-6-12-24(14-16)22(26)17-8-4-5-9-18(17)23(27)30-3/h4-5,8-11,13,16H,6-7,12,14H2,1-3H3/t16-/m1/s1. The second kappa shape index (κ2) is 9.43. The van der Waals surface area contributed by atoms with Crippen LogP contribution >= 0.6 is 0 Å². The van der Waals surface area contributed by atoms with E-state index in [1.807, 2.05) is 0 Å². The summed E-state index contributed by atoms with van der Waals surface area (Å²) >= 11 is 0. The number of hydrogen-bond acceptors (Lipinski definition) is 6. The highest BCUT2D eigenvalue weighted by atomic mass is 16.5. The Balaban J connectivity index is 1.80. The number of nitrogens with zero attached hydrogens (tertiary/aromatic N) is 1. The van der Waals surface area contributed by atoms with Crippen molar-refractivity contribution >= 4 is 17.7 Å². The summed E-state index contributed by atoms with van der Waals surface area (Å²) in [4.78, 5) is 39.8. The lowest BCUT2D eigenvalue weighted by Gasteiger charge is -2.32. The molecule has 1 aliphatic rings. The molecule has 7 heteroatoms. The smallest absolute Gasteiger partial charge is 0.338 e. The molecule has 2 aromatic rings. The molecule has 0 N–H and O–H groups in total. The maximum absolute atomic E-state index is 13.1. The van der Waals surface area contributed by atoms with E-state index in [4.69, 9.17) is 14.2 Å². The molecular weight excluding hydrogens is 386 g/mol. The minimum Gasteiger partial charge on any atom is -0.493 e. The fourth-order valence-corrected chi connectivity index (χ4v) is 3.73. The van der Waals surface area contributed by atoms with Crippen molar-refractivity contribution in [3.8, 4) is 11.5 Å². The van der Waals surface area contributed by atoms with Crippen LogP contribution in [0.5, 0.6) is 11.5 Å². The number of Topliss-reactive ketones (excluding diaryl/α,β-unsaturated/α-hetero) is 1. The third-order valence-electron chi connectivity index (χ3n) is 5.31. The predicted molar refractivity (Wildman–Crippen MR) is 110 cm³/mol. The molecule has 0 radical (unpaired) electrons. The van der Waals surface area contributed by atoms with Crippen molar-refractivity contribution in [2.75, 3.05) is 34.4 Å². The fraction of sp³-hybridized carbons (Fsp3) is 0.348. The van der Waals surface area contributed by atoms with Gasteiger partial charge < -0.3 is 19.1 Å². The number of methoxy groups -OCH3 is 3. The van der Waals surface area contributed by atoms with Crippen LogP contribution in [0.4, 0.5) is 0 Å². The minimum atomic E-state index is -0.561. The Morgan fingerprint density at radius 1 is 0.933 bits per heavy atom. The van der Waals surface area contributed by atoms with Crippen molar-refractivity contribution < 1.29 is 28.6 Å². The maximum Gasteiger partial charge on any atom is 0.338 e. The van der Waals surface area contributed by atoms with Gasteiger partial charge in [0.1, 0.15) is 0 Å². The Morgan fingerprint density at radius 3 is 2.30 bits per heavy atom. The number of benzene rings is 2. The number of ketones is 1. The molecule has 0 aromatic heterocycles. The van der Waals surface area contributed by atoms with Crippen LogP contribution in [0, 0.1) is 5.92 Å². The lowest BCUT2D eigenvalue weighted by atomic mass is 9.89. The lowest BCUT2D eigenvalue weighted by Crippen LogP contribution is -2.42. The molecule has 1 saturated heterocycles. The topological polar surface area (TPSA) is 82.1 Å². The summed E-state index contributed by atoms with van der Waals surface area (Å²) < 4.78 is 15.3. The molecule has 0 saturated carbocycles. The number of piperidine rings is 1. The van der Waals surface area contributed by atoms with Crippen molar-refractivity contribution in [3.63, 3.8) is 0 Å². The van der Waals surface area contributed by atoms with E-state index in [2.05, 4.69) is 0 Å². The summed E-state index contributed by atoms with van der Waals surface area (Å²) in [5.74, 6) is -0.177. The highest BCUT2D eigenvalue weighted by Crippen LogP contribution is 2.30. The first-order valence-corrected chi connectivity index (χ1v) is 9.73. The van der Waals surface area contributed by atoms with Crippen LogP contribution < -0.4 is 9.47 Å². The largest absolute Gasteiger partial charge is 0.493 e. The van der Waals surface area contributed by atoms with Gasteiger partial charge in [0.05, 0.1) is 32.5 Å². The Kier molecular flexibility index (Phi) is 6.72. The number of rotatable bonds is 6. The quantitative estimate of drug-likeness (QED) is 0.536. The molecule has 0 aliphatic carbocycles. The van der Waals surface area contributed by atoms with Gasteiger partial charge in [-0.15, -0.1) is 0 Å². The van der Waals surface area contributed by atoms with Gasteiger partial charge in [-0.2, -0.15) is 0 Å². The third kappa shape index (κ3) is 4.30. The maximum atomic E-state index is 13.1. The molecule has 1 heterocycles. The second-order valence-electron chi connectivity index (χ2n) is 7.06. The first-order chi connectivity index (χ1) is 14.5. The summed E-state index contributed by atoms with van der Waals surface area (Å²) in [5, 5.41) is 0. The average Bonchev–Trinajstić information content (AvgIpc) is 2.82. The van der Waals surface area contributed by atoms with E-state index >= 15 is 0 Å². The first-order valence-electron chi connectivity index (χ1n) is 9.73. The molecule has 1 aliphatic heterocycles. The van der Waals surface area contributed by atoms with Crippen LogP contribution in [-0.2, 0) is 4.74 Å². The van der Waals surface area contributed by atoms with Gasteiger partial charge in [-0.05, 0) is 43.2 Å². The van der Waals surface area contributed by atoms with Gasteiger partial charge in [0.15, 0.2) is 17.3 Å². The fourth-order valence-electron chi connectivity index (χ4n) is 3.73. The van der Waals surface area contributed by atoms with Gasteiger partial charge in [0.25, 0.3) is 5.91 Å². The van der Waals surface area contributed by atoms with Crippen LogP contribution in [0.2, 0.25) is 0 Å². The monoisotopic (exact) mass is 411 g/mol. The van der Waals surface area contributed by atoms with Gasteiger partial charge in [0.2, 0.25) is 0 Å². The number of ether oxygens (including phenoxy) is 3. The molecule has 7 nitrogen and oxygen atoms in total. The van der Waals surface area contributed by atoms with Gasteiger partial charge >= 0.3 is 5.97 Å². The molecular formula is C23H25NO6. The second-order valence-corrected chi connectivity index (χ2v) is 7.06. The van der Waals surface area contributed by atoms with Gasteiger partial charge in [-0.3, -0.25) is 9.59 Å². The summed E-state index contributed by atoms with van der Waals surface area (Å²) in [6.07, 6.45) is 1.39. The summed E-state index contributed by atoms with van der Waals surface area (Å²) in [6.45, 7) is 0.825. The average molecular weight is 411 g/mol. The van der Waals surface area contributed by atoms with Crippen LogP contribution in [-0.4, -0.2) is 57.0 Å². The van der Waals surface area contributed by atoms with Crippen molar-refractivity contribution in [2.45, 2.75) is 12.8 Å². The van der Waals surface area contributed by atoms with E-state index in [9.17, 15) is 14.4 Å². The molecule has 158 valence electrons. The van der Waals surface area contributed by atoms with Gasteiger partial charge in [-0.1, -0.05) is 12.1 Å². The van der Waals surface area contributed by atoms with E-state index in [-0.39, 0.29) is 28.7 Å². The molecule has 30 heavy (non-hydrogen) atoms. The van der Waals surface area contributed by atoms with Crippen LogP contribution in [0.1, 0.15) is 43.9 Å². The molecule has 1 amide bonds. The van der Waals surface area contributed by atoms with Crippen molar-refractivity contribution in [1.82, 2.24) is 4.90 Å². The molecule has 0 bridgehead atoms. The van der Waals surface area contributed by atoms with E-state index in [1.54, 1.807) is 47.4 Å². The van der Waals surface area contributed by atoms with Crippen LogP contribution in [0.15, 0.2) is 42.5 Å². The van der Waals surface area contributed by atoms with Crippen molar-refractivity contribution in [3.05, 3.63) is 59.2 Å². The zero-order chi connectivity index (χ0) is 21.7. The Labute approximate surface area is 175 Å². The predicted octanol–water partition coefficient (Wildman–Crippen LogP) is 3.23. The number of carbonyl (C=O) groups excluding carboxylic acids is 3. The molecule has 2 aromatic carbocycles. The molecule has 0 spiro atoms.